The number of rotatable bonds is 8. The molecule has 1 aliphatic rings. The number of thiazole rings is 1. The quantitative estimate of drug-likeness (QED) is 0.643. The summed E-state index contributed by atoms with van der Waals surface area (Å²) >= 11 is 7.46. The Morgan fingerprint density at radius 3 is 2.44 bits per heavy atom. The van der Waals surface area contributed by atoms with Crippen LogP contribution in [0.1, 0.15) is 55.8 Å². The van der Waals surface area contributed by atoms with Crippen molar-refractivity contribution >= 4 is 34.9 Å². The van der Waals surface area contributed by atoms with E-state index in [1.165, 1.54) is 4.90 Å². The second kappa shape index (κ2) is 8.40. The monoisotopic (exact) mass is 405 g/mol. The highest BCUT2D eigenvalue weighted by Crippen LogP contribution is 2.29. The van der Waals surface area contributed by atoms with Gasteiger partial charge in [0.15, 0.2) is 0 Å². The number of hydrogen-bond acceptors (Lipinski definition) is 4. The minimum Gasteiger partial charge on any atom is -0.323 e. The fourth-order valence-electron chi connectivity index (χ4n) is 3.58. The largest absolute Gasteiger partial charge is 0.325 e. The van der Waals surface area contributed by atoms with Crippen LogP contribution < -0.4 is 5.32 Å². The van der Waals surface area contributed by atoms with Crippen LogP contribution in [0.5, 0.6) is 0 Å². The van der Waals surface area contributed by atoms with Crippen LogP contribution in [0.25, 0.3) is 0 Å². The van der Waals surface area contributed by atoms with Crippen LogP contribution in [0, 0.1) is 0 Å². The molecule has 0 unspecified atom stereocenters. The van der Waals surface area contributed by atoms with E-state index in [0.717, 1.165) is 29.1 Å². The first-order chi connectivity index (χ1) is 13.0. The van der Waals surface area contributed by atoms with Gasteiger partial charge < -0.3 is 5.32 Å². The molecule has 0 radical (unpaired) electrons. The minimum absolute atomic E-state index is 0.122. The molecule has 0 bridgehead atoms. The number of benzene rings is 1. The van der Waals surface area contributed by atoms with E-state index in [2.05, 4.69) is 10.3 Å². The summed E-state index contributed by atoms with van der Waals surface area (Å²) in [4.78, 5) is 31.3. The minimum atomic E-state index is -0.747. The molecule has 3 amide bonds. The van der Waals surface area contributed by atoms with Gasteiger partial charge in [-0.2, -0.15) is 0 Å². The van der Waals surface area contributed by atoms with E-state index >= 15 is 0 Å². The van der Waals surface area contributed by atoms with E-state index in [4.69, 9.17) is 11.6 Å². The van der Waals surface area contributed by atoms with E-state index in [-0.39, 0.29) is 18.5 Å². The maximum atomic E-state index is 13.0. The van der Waals surface area contributed by atoms with Crippen molar-refractivity contribution in [3.8, 4) is 0 Å². The molecule has 1 aromatic carbocycles. The lowest BCUT2D eigenvalue weighted by Crippen LogP contribution is -2.46. The van der Waals surface area contributed by atoms with Crippen molar-refractivity contribution in [2.45, 2.75) is 58.0 Å². The van der Waals surface area contributed by atoms with Gasteiger partial charge in [-0.05, 0) is 30.5 Å². The number of nitrogens with one attached hydrogen (secondary N) is 1. The number of aromatic nitrogens is 1. The first-order valence-corrected chi connectivity index (χ1v) is 10.5. The summed E-state index contributed by atoms with van der Waals surface area (Å²) < 4.78 is 0. The number of urea groups is 1. The van der Waals surface area contributed by atoms with E-state index < -0.39 is 5.54 Å². The molecule has 1 aliphatic heterocycles. The molecule has 7 heteroatoms. The molecule has 0 spiro atoms. The molecular formula is C20H24ClN3O2S. The summed E-state index contributed by atoms with van der Waals surface area (Å²) in [6.45, 7) is 4.28. The maximum absolute atomic E-state index is 13.0. The van der Waals surface area contributed by atoms with Gasteiger partial charge in [-0.25, -0.2) is 9.78 Å². The number of hydrogen-bond donors (Lipinski definition) is 1. The van der Waals surface area contributed by atoms with Gasteiger partial charge >= 0.3 is 6.03 Å². The van der Waals surface area contributed by atoms with E-state index in [1.54, 1.807) is 11.3 Å². The highest BCUT2D eigenvalue weighted by atomic mass is 35.5. The molecule has 27 heavy (non-hydrogen) atoms. The van der Waals surface area contributed by atoms with Gasteiger partial charge in [0.25, 0.3) is 5.91 Å². The number of halogens is 1. The first-order valence-electron chi connectivity index (χ1n) is 9.29. The summed E-state index contributed by atoms with van der Waals surface area (Å²) in [5, 5.41) is 6.52. The van der Waals surface area contributed by atoms with Gasteiger partial charge in [0.2, 0.25) is 0 Å². The summed E-state index contributed by atoms with van der Waals surface area (Å²) in [5.74, 6) is -0.122. The van der Waals surface area contributed by atoms with Gasteiger partial charge in [-0.15, -0.1) is 11.3 Å². The zero-order valence-electron chi connectivity index (χ0n) is 15.6. The van der Waals surface area contributed by atoms with Crippen LogP contribution in [-0.4, -0.2) is 27.4 Å². The highest BCUT2D eigenvalue weighted by Gasteiger charge is 2.49. The van der Waals surface area contributed by atoms with Crippen LogP contribution in [0.2, 0.25) is 5.02 Å². The maximum Gasteiger partial charge on any atom is 0.325 e. The predicted molar refractivity (Wildman–Crippen MR) is 108 cm³/mol. The average molecular weight is 406 g/mol. The number of nitrogens with zero attached hydrogens (tertiary/aromatic N) is 2. The zero-order valence-corrected chi connectivity index (χ0v) is 17.2. The molecule has 0 aliphatic carbocycles. The van der Waals surface area contributed by atoms with E-state index in [9.17, 15) is 9.59 Å². The molecule has 1 aromatic heterocycles. The van der Waals surface area contributed by atoms with Crippen molar-refractivity contribution in [3.63, 3.8) is 0 Å². The Morgan fingerprint density at radius 2 is 1.81 bits per heavy atom. The number of carbonyl (C=O) groups is 2. The molecule has 1 N–H and O–H groups in total. The van der Waals surface area contributed by atoms with Crippen LogP contribution in [0.4, 0.5) is 4.79 Å². The Balaban J connectivity index is 1.70. The molecule has 3 rings (SSSR count). The first kappa shape index (κ1) is 19.8. The van der Waals surface area contributed by atoms with E-state index in [1.807, 2.05) is 43.5 Å². The fraction of sp³-hybridized carbons (Fsp3) is 0.450. The summed E-state index contributed by atoms with van der Waals surface area (Å²) in [7, 11) is 0. The number of carbonyl (C=O) groups excluding carboxylic acids is 2. The fourth-order valence-corrected chi connectivity index (χ4v) is 4.52. The van der Waals surface area contributed by atoms with Crippen molar-refractivity contribution in [2.24, 2.45) is 0 Å². The van der Waals surface area contributed by atoms with Crippen LogP contribution in [-0.2, 0) is 17.8 Å². The van der Waals surface area contributed by atoms with Crippen molar-refractivity contribution in [1.29, 1.82) is 0 Å². The Kier molecular flexibility index (Phi) is 6.17. The number of amides is 3. The van der Waals surface area contributed by atoms with Gasteiger partial charge in [-0.3, -0.25) is 9.69 Å². The van der Waals surface area contributed by atoms with Crippen molar-refractivity contribution < 1.29 is 9.59 Å². The van der Waals surface area contributed by atoms with Crippen molar-refractivity contribution in [3.05, 3.63) is 50.9 Å². The van der Waals surface area contributed by atoms with Crippen LogP contribution in [0.15, 0.2) is 29.6 Å². The molecule has 2 heterocycles. The standard InChI is InChI=1S/C20H24ClN3O2S/c1-3-9-20(10-4-2)18(25)24(19(26)23-20)12-16-13-27-17(22-16)11-14-5-7-15(21)8-6-14/h5-8,13H,3-4,9-12H2,1-2H3,(H,23,26). The summed E-state index contributed by atoms with van der Waals surface area (Å²) in [6.07, 6.45) is 3.74. The van der Waals surface area contributed by atoms with Crippen molar-refractivity contribution in [2.75, 3.05) is 0 Å². The van der Waals surface area contributed by atoms with Gasteiger partial charge in [-0.1, -0.05) is 50.4 Å². The second-order valence-electron chi connectivity index (χ2n) is 6.94. The summed E-state index contributed by atoms with van der Waals surface area (Å²) in [6, 6.07) is 7.36. The Hall–Kier alpha value is -1.92. The molecule has 1 saturated heterocycles. The Bertz CT molecular complexity index is 813. The highest BCUT2D eigenvalue weighted by molar-refractivity contribution is 7.09. The van der Waals surface area contributed by atoms with Gasteiger partial charge in [0.05, 0.1) is 17.2 Å². The zero-order chi connectivity index (χ0) is 19.4. The van der Waals surface area contributed by atoms with Gasteiger partial charge in [0.1, 0.15) is 5.54 Å². The van der Waals surface area contributed by atoms with Gasteiger partial charge in [0, 0.05) is 16.8 Å². The molecular weight excluding hydrogens is 382 g/mol. The second-order valence-corrected chi connectivity index (χ2v) is 8.32. The van der Waals surface area contributed by atoms with Crippen LogP contribution >= 0.6 is 22.9 Å². The van der Waals surface area contributed by atoms with Crippen LogP contribution in [0.3, 0.4) is 0 Å². The molecule has 0 atom stereocenters. The smallest absolute Gasteiger partial charge is 0.323 e. The molecule has 5 nitrogen and oxygen atoms in total. The SMILES string of the molecule is CCCC1(CCC)NC(=O)N(Cc2csc(Cc3ccc(Cl)cc3)n2)C1=O. The third-order valence-electron chi connectivity index (χ3n) is 4.79. The lowest BCUT2D eigenvalue weighted by atomic mass is 9.88. The van der Waals surface area contributed by atoms with Crippen molar-refractivity contribution in [1.82, 2.24) is 15.2 Å². The lowest BCUT2D eigenvalue weighted by Gasteiger charge is -2.25. The Morgan fingerprint density at radius 1 is 1.15 bits per heavy atom. The third kappa shape index (κ3) is 4.33. The molecule has 1 fully saturated rings. The average Bonchev–Trinajstić information content (AvgIpc) is 3.16. The van der Waals surface area contributed by atoms with E-state index in [0.29, 0.717) is 24.3 Å². The lowest BCUT2D eigenvalue weighted by molar-refractivity contribution is -0.132. The molecule has 2 aromatic rings. The summed E-state index contributed by atoms with van der Waals surface area (Å²) in [5.41, 5.74) is 1.12. The molecule has 0 saturated carbocycles. The predicted octanol–water partition coefficient (Wildman–Crippen LogP) is 4.78. The Labute approximate surface area is 168 Å². The number of imide groups is 1. The topological polar surface area (TPSA) is 62.3 Å². The molecule has 144 valence electrons. The third-order valence-corrected chi connectivity index (χ3v) is 5.94. The normalized spacial score (nSPS) is 16.0.